The number of fused-ring (bicyclic) bond motifs is 1. The number of nitrogens with zero attached hydrogens (tertiary/aromatic N) is 4. The van der Waals surface area contributed by atoms with Crippen LogP contribution in [0.5, 0.6) is 0 Å². The Labute approximate surface area is 141 Å². The fraction of sp³-hybridized carbons (Fsp3) is 0.111. The summed E-state index contributed by atoms with van der Waals surface area (Å²) in [5.74, 6) is 0. The lowest BCUT2D eigenvalue weighted by molar-refractivity contribution is -0.143. The molecule has 3 aromatic heterocycles. The highest BCUT2D eigenvalue weighted by atomic mass is 19.4. The number of pyridine rings is 1. The average Bonchev–Trinajstić information content (AvgIpc) is 3.20. The molecule has 0 spiro atoms. The molecule has 0 atom stereocenters. The minimum Gasteiger partial charge on any atom is -0.307 e. The standard InChI is InChI=1S/C18H13F3N4/c1-24-16(18(19,20)21)11-15(23-24)13-6-4-12(5-7-13)14-3-2-9-25-10-8-22-17(14)25/h2-11H,1H3. The maximum Gasteiger partial charge on any atom is 0.433 e. The molecular formula is C18H13F3N4. The van der Waals surface area contributed by atoms with Gasteiger partial charge in [-0.1, -0.05) is 24.3 Å². The van der Waals surface area contributed by atoms with Crippen molar-refractivity contribution in [1.82, 2.24) is 19.2 Å². The quantitative estimate of drug-likeness (QED) is 0.540. The van der Waals surface area contributed by atoms with Crippen molar-refractivity contribution in [2.75, 3.05) is 0 Å². The first kappa shape index (κ1) is 15.4. The number of aromatic nitrogens is 4. The molecule has 0 amide bonds. The van der Waals surface area contributed by atoms with Gasteiger partial charge < -0.3 is 4.40 Å². The Morgan fingerprint density at radius 2 is 1.68 bits per heavy atom. The molecule has 0 aliphatic carbocycles. The van der Waals surface area contributed by atoms with E-state index in [1.54, 1.807) is 18.3 Å². The maximum atomic E-state index is 12.9. The predicted molar refractivity (Wildman–Crippen MR) is 87.8 cm³/mol. The van der Waals surface area contributed by atoms with Gasteiger partial charge in [0.2, 0.25) is 0 Å². The Balaban J connectivity index is 1.73. The van der Waals surface area contributed by atoms with Gasteiger partial charge in [-0.25, -0.2) is 4.98 Å². The lowest BCUT2D eigenvalue weighted by atomic mass is 10.0. The Kier molecular flexibility index (Phi) is 3.38. The number of rotatable bonds is 2. The van der Waals surface area contributed by atoms with E-state index in [1.165, 1.54) is 7.05 Å². The van der Waals surface area contributed by atoms with Crippen LogP contribution in [0.15, 0.2) is 61.1 Å². The van der Waals surface area contributed by atoms with Gasteiger partial charge in [0.1, 0.15) is 11.3 Å². The molecule has 0 fully saturated rings. The molecule has 0 bridgehead atoms. The van der Waals surface area contributed by atoms with Crippen LogP contribution in [-0.4, -0.2) is 19.2 Å². The molecule has 0 aliphatic heterocycles. The van der Waals surface area contributed by atoms with E-state index in [1.807, 2.05) is 41.1 Å². The Morgan fingerprint density at radius 3 is 2.36 bits per heavy atom. The highest BCUT2D eigenvalue weighted by Gasteiger charge is 2.35. The summed E-state index contributed by atoms with van der Waals surface area (Å²) in [6.45, 7) is 0. The number of hydrogen-bond donors (Lipinski definition) is 0. The van der Waals surface area contributed by atoms with Gasteiger partial charge in [-0.15, -0.1) is 0 Å². The maximum absolute atomic E-state index is 12.9. The van der Waals surface area contributed by atoms with Gasteiger partial charge in [0.05, 0.1) is 5.69 Å². The van der Waals surface area contributed by atoms with E-state index in [-0.39, 0.29) is 0 Å². The van der Waals surface area contributed by atoms with E-state index in [0.29, 0.717) is 11.3 Å². The zero-order valence-corrected chi connectivity index (χ0v) is 13.2. The summed E-state index contributed by atoms with van der Waals surface area (Å²) in [7, 11) is 1.29. The molecule has 7 heteroatoms. The second-order valence-corrected chi connectivity index (χ2v) is 5.69. The number of imidazole rings is 1. The first-order chi connectivity index (χ1) is 11.9. The summed E-state index contributed by atoms with van der Waals surface area (Å²) in [4.78, 5) is 4.34. The van der Waals surface area contributed by atoms with E-state index in [0.717, 1.165) is 27.5 Å². The summed E-state index contributed by atoms with van der Waals surface area (Å²) in [5, 5.41) is 3.97. The molecule has 0 unspecified atom stereocenters. The Morgan fingerprint density at radius 1 is 0.960 bits per heavy atom. The number of halogens is 3. The summed E-state index contributed by atoms with van der Waals surface area (Å²) in [5.41, 5.74) is 2.87. The highest BCUT2D eigenvalue weighted by Crippen LogP contribution is 2.32. The molecule has 0 saturated carbocycles. The third kappa shape index (κ3) is 2.67. The van der Waals surface area contributed by atoms with Crippen LogP contribution < -0.4 is 0 Å². The summed E-state index contributed by atoms with van der Waals surface area (Å²) < 4.78 is 41.5. The van der Waals surface area contributed by atoms with Gasteiger partial charge in [0.15, 0.2) is 0 Å². The molecule has 4 rings (SSSR count). The first-order valence-electron chi connectivity index (χ1n) is 7.57. The Bertz CT molecular complexity index is 1040. The van der Waals surface area contributed by atoms with Crippen LogP contribution in [0.2, 0.25) is 0 Å². The third-order valence-corrected chi connectivity index (χ3v) is 4.08. The van der Waals surface area contributed by atoms with Crippen LogP contribution in [0, 0.1) is 0 Å². The fourth-order valence-corrected chi connectivity index (χ4v) is 2.87. The molecule has 1 aromatic carbocycles. The van der Waals surface area contributed by atoms with E-state index in [4.69, 9.17) is 0 Å². The van der Waals surface area contributed by atoms with Crippen molar-refractivity contribution in [1.29, 1.82) is 0 Å². The van der Waals surface area contributed by atoms with Crippen molar-refractivity contribution in [3.8, 4) is 22.4 Å². The first-order valence-corrected chi connectivity index (χ1v) is 7.57. The normalized spacial score (nSPS) is 12.0. The van der Waals surface area contributed by atoms with Gasteiger partial charge in [0, 0.05) is 36.8 Å². The van der Waals surface area contributed by atoms with Crippen LogP contribution in [0.3, 0.4) is 0 Å². The van der Waals surface area contributed by atoms with Gasteiger partial charge in [0.25, 0.3) is 0 Å². The summed E-state index contributed by atoms with van der Waals surface area (Å²) in [6, 6.07) is 12.2. The molecule has 0 aliphatic rings. The average molecular weight is 342 g/mol. The van der Waals surface area contributed by atoms with Crippen molar-refractivity contribution >= 4 is 5.65 Å². The third-order valence-electron chi connectivity index (χ3n) is 4.08. The van der Waals surface area contributed by atoms with Crippen LogP contribution in [0.4, 0.5) is 13.2 Å². The number of hydrogen-bond acceptors (Lipinski definition) is 2. The molecular weight excluding hydrogens is 329 g/mol. The zero-order chi connectivity index (χ0) is 17.6. The van der Waals surface area contributed by atoms with Crippen molar-refractivity contribution in [2.24, 2.45) is 7.05 Å². The Hall–Kier alpha value is -3.09. The summed E-state index contributed by atoms with van der Waals surface area (Å²) in [6.07, 6.45) is 1.07. The van der Waals surface area contributed by atoms with Crippen molar-refractivity contribution in [2.45, 2.75) is 6.18 Å². The molecule has 3 heterocycles. The van der Waals surface area contributed by atoms with Crippen molar-refractivity contribution in [3.63, 3.8) is 0 Å². The second kappa shape index (κ2) is 5.47. The minimum atomic E-state index is -4.42. The van der Waals surface area contributed by atoms with E-state index in [2.05, 4.69) is 10.1 Å². The summed E-state index contributed by atoms with van der Waals surface area (Å²) >= 11 is 0. The number of alkyl halides is 3. The van der Waals surface area contributed by atoms with Gasteiger partial charge in [-0.3, -0.25) is 4.68 Å². The van der Waals surface area contributed by atoms with Crippen LogP contribution in [-0.2, 0) is 13.2 Å². The van der Waals surface area contributed by atoms with Gasteiger partial charge in [-0.2, -0.15) is 18.3 Å². The molecule has 0 saturated heterocycles. The zero-order valence-electron chi connectivity index (χ0n) is 13.2. The predicted octanol–water partition coefficient (Wildman–Crippen LogP) is 4.42. The van der Waals surface area contributed by atoms with Crippen LogP contribution >= 0.6 is 0 Å². The lowest BCUT2D eigenvalue weighted by Crippen LogP contribution is -2.11. The fourth-order valence-electron chi connectivity index (χ4n) is 2.87. The lowest BCUT2D eigenvalue weighted by Gasteiger charge is -2.05. The smallest absolute Gasteiger partial charge is 0.307 e. The second-order valence-electron chi connectivity index (χ2n) is 5.69. The number of benzene rings is 1. The van der Waals surface area contributed by atoms with Crippen molar-refractivity contribution in [3.05, 3.63) is 66.7 Å². The molecule has 0 radical (unpaired) electrons. The van der Waals surface area contributed by atoms with E-state index < -0.39 is 11.9 Å². The SMILES string of the molecule is Cn1nc(-c2ccc(-c3cccn4ccnc34)cc2)cc1C(F)(F)F. The molecule has 25 heavy (non-hydrogen) atoms. The molecule has 126 valence electrons. The monoisotopic (exact) mass is 342 g/mol. The van der Waals surface area contributed by atoms with Crippen LogP contribution in [0.25, 0.3) is 28.0 Å². The van der Waals surface area contributed by atoms with E-state index >= 15 is 0 Å². The number of aryl methyl sites for hydroxylation is 1. The van der Waals surface area contributed by atoms with Crippen molar-refractivity contribution < 1.29 is 13.2 Å². The molecule has 4 aromatic rings. The molecule has 0 N–H and O–H groups in total. The van der Waals surface area contributed by atoms with Crippen LogP contribution in [0.1, 0.15) is 5.69 Å². The van der Waals surface area contributed by atoms with E-state index in [9.17, 15) is 13.2 Å². The largest absolute Gasteiger partial charge is 0.433 e. The van der Waals surface area contributed by atoms with Gasteiger partial charge in [-0.05, 0) is 23.8 Å². The highest BCUT2D eigenvalue weighted by molar-refractivity contribution is 5.78. The van der Waals surface area contributed by atoms with Gasteiger partial charge >= 0.3 is 6.18 Å². The molecule has 4 nitrogen and oxygen atoms in total. The minimum absolute atomic E-state index is 0.292. The topological polar surface area (TPSA) is 35.1 Å².